The van der Waals surface area contributed by atoms with Crippen LogP contribution in [0.15, 0.2) is 73.1 Å². The van der Waals surface area contributed by atoms with Gasteiger partial charge < -0.3 is 9.80 Å². The Bertz CT molecular complexity index is 1050. The highest BCUT2D eigenvalue weighted by molar-refractivity contribution is 5.94. The van der Waals surface area contributed by atoms with Gasteiger partial charge in [0.25, 0.3) is 5.91 Å². The van der Waals surface area contributed by atoms with Crippen LogP contribution in [-0.2, 0) is 30.8 Å². The van der Waals surface area contributed by atoms with Crippen molar-refractivity contribution in [1.82, 2.24) is 14.8 Å². The average Bonchev–Trinajstić information content (AvgIpc) is 3.24. The standard InChI is InChI=1S/C27H29N3O2/c1-2-21-7-9-22(10-8-21)19-30(20-24-5-3-15-28-17-24)27(32)25-13-11-23(12-14-25)18-29-16-4-6-26(29)31/h3,5,7-15,17H,2,4,6,16,18-20H2,1H3. The van der Waals surface area contributed by atoms with Crippen LogP contribution in [0.4, 0.5) is 0 Å². The highest BCUT2D eigenvalue weighted by Gasteiger charge is 2.21. The number of nitrogens with zero attached hydrogens (tertiary/aromatic N) is 3. The Morgan fingerprint density at radius 3 is 2.25 bits per heavy atom. The summed E-state index contributed by atoms with van der Waals surface area (Å²) in [6, 6.07) is 20.0. The summed E-state index contributed by atoms with van der Waals surface area (Å²) in [4.78, 5) is 33.3. The molecular weight excluding hydrogens is 398 g/mol. The van der Waals surface area contributed by atoms with Crippen LogP contribution < -0.4 is 0 Å². The van der Waals surface area contributed by atoms with Gasteiger partial charge in [0.15, 0.2) is 0 Å². The zero-order chi connectivity index (χ0) is 22.3. The molecule has 1 aliphatic rings. The van der Waals surface area contributed by atoms with Crippen molar-refractivity contribution in [3.63, 3.8) is 0 Å². The van der Waals surface area contributed by atoms with Crippen LogP contribution in [0, 0.1) is 0 Å². The van der Waals surface area contributed by atoms with Gasteiger partial charge >= 0.3 is 0 Å². The molecule has 32 heavy (non-hydrogen) atoms. The van der Waals surface area contributed by atoms with Gasteiger partial charge in [-0.05, 0) is 53.3 Å². The smallest absolute Gasteiger partial charge is 0.254 e. The molecule has 0 radical (unpaired) electrons. The van der Waals surface area contributed by atoms with Crippen molar-refractivity contribution in [2.24, 2.45) is 0 Å². The van der Waals surface area contributed by atoms with Crippen molar-refractivity contribution >= 4 is 11.8 Å². The third kappa shape index (κ3) is 5.41. The fourth-order valence-electron chi connectivity index (χ4n) is 4.04. The van der Waals surface area contributed by atoms with Crippen LogP contribution in [-0.4, -0.2) is 33.1 Å². The van der Waals surface area contributed by atoms with Gasteiger partial charge in [0.1, 0.15) is 0 Å². The Hall–Kier alpha value is -3.47. The maximum Gasteiger partial charge on any atom is 0.254 e. The van der Waals surface area contributed by atoms with E-state index in [1.165, 1.54) is 5.56 Å². The first-order valence-electron chi connectivity index (χ1n) is 11.2. The van der Waals surface area contributed by atoms with Crippen molar-refractivity contribution in [2.45, 2.75) is 45.8 Å². The topological polar surface area (TPSA) is 53.5 Å². The normalized spacial score (nSPS) is 13.4. The molecule has 0 N–H and O–H groups in total. The molecule has 4 rings (SSSR count). The lowest BCUT2D eigenvalue weighted by Gasteiger charge is -2.23. The number of hydrogen-bond acceptors (Lipinski definition) is 3. The molecule has 0 spiro atoms. The molecule has 1 aliphatic heterocycles. The summed E-state index contributed by atoms with van der Waals surface area (Å²) in [6.07, 6.45) is 6.10. The number of aromatic nitrogens is 1. The van der Waals surface area contributed by atoms with Crippen LogP contribution in [0.25, 0.3) is 0 Å². The first-order valence-corrected chi connectivity index (χ1v) is 11.2. The summed E-state index contributed by atoms with van der Waals surface area (Å²) < 4.78 is 0. The third-order valence-corrected chi connectivity index (χ3v) is 5.93. The highest BCUT2D eigenvalue weighted by Crippen LogP contribution is 2.18. The molecule has 2 aromatic carbocycles. The zero-order valence-electron chi connectivity index (χ0n) is 18.5. The number of hydrogen-bond donors (Lipinski definition) is 0. The number of benzene rings is 2. The summed E-state index contributed by atoms with van der Waals surface area (Å²) in [5.74, 6) is 0.194. The maximum absolute atomic E-state index is 13.4. The molecule has 0 bridgehead atoms. The highest BCUT2D eigenvalue weighted by atomic mass is 16.2. The Morgan fingerprint density at radius 2 is 1.62 bits per heavy atom. The predicted molar refractivity (Wildman–Crippen MR) is 125 cm³/mol. The van der Waals surface area contributed by atoms with Gasteiger partial charge in [-0.3, -0.25) is 14.6 Å². The van der Waals surface area contributed by atoms with E-state index in [2.05, 4.69) is 36.2 Å². The molecule has 2 heterocycles. The average molecular weight is 428 g/mol. The van der Waals surface area contributed by atoms with Crippen LogP contribution in [0.3, 0.4) is 0 Å². The van der Waals surface area contributed by atoms with Gasteiger partial charge in [-0.25, -0.2) is 0 Å². The lowest BCUT2D eigenvalue weighted by Crippen LogP contribution is -2.30. The van der Waals surface area contributed by atoms with Crippen LogP contribution in [0.1, 0.15) is 52.4 Å². The molecule has 164 valence electrons. The van der Waals surface area contributed by atoms with E-state index < -0.39 is 0 Å². The first kappa shape index (κ1) is 21.8. The minimum Gasteiger partial charge on any atom is -0.338 e. The van der Waals surface area contributed by atoms with E-state index >= 15 is 0 Å². The van der Waals surface area contributed by atoms with Crippen molar-refractivity contribution in [1.29, 1.82) is 0 Å². The van der Waals surface area contributed by atoms with Gasteiger partial charge in [0.05, 0.1) is 0 Å². The second-order valence-electron chi connectivity index (χ2n) is 8.31. The zero-order valence-corrected chi connectivity index (χ0v) is 18.5. The van der Waals surface area contributed by atoms with E-state index in [4.69, 9.17) is 0 Å². The number of likely N-dealkylation sites (tertiary alicyclic amines) is 1. The fraction of sp³-hybridized carbons (Fsp3) is 0.296. The van der Waals surface area contributed by atoms with Gasteiger partial charge in [0, 0.05) is 50.6 Å². The monoisotopic (exact) mass is 427 g/mol. The summed E-state index contributed by atoms with van der Waals surface area (Å²) in [5, 5.41) is 0. The number of amides is 2. The first-order chi connectivity index (χ1) is 15.6. The molecule has 5 heteroatoms. The number of rotatable bonds is 8. The lowest BCUT2D eigenvalue weighted by atomic mass is 10.1. The lowest BCUT2D eigenvalue weighted by molar-refractivity contribution is -0.128. The molecule has 0 saturated carbocycles. The van der Waals surface area contributed by atoms with E-state index in [0.717, 1.165) is 36.1 Å². The number of carbonyl (C=O) groups is 2. The molecule has 5 nitrogen and oxygen atoms in total. The van der Waals surface area contributed by atoms with Crippen LogP contribution >= 0.6 is 0 Å². The van der Waals surface area contributed by atoms with E-state index in [1.54, 1.807) is 12.4 Å². The number of carbonyl (C=O) groups excluding carboxylic acids is 2. The molecule has 2 amide bonds. The molecule has 3 aromatic rings. The Kier molecular flexibility index (Phi) is 6.95. The van der Waals surface area contributed by atoms with E-state index in [1.807, 2.05) is 46.2 Å². The van der Waals surface area contributed by atoms with Gasteiger partial charge in [-0.1, -0.05) is 49.4 Å². The second-order valence-corrected chi connectivity index (χ2v) is 8.31. The van der Waals surface area contributed by atoms with Crippen molar-refractivity contribution in [3.05, 3.63) is 101 Å². The van der Waals surface area contributed by atoms with E-state index in [0.29, 0.717) is 31.6 Å². The Labute approximate surface area is 189 Å². The Balaban J connectivity index is 1.51. The molecule has 1 saturated heterocycles. The number of pyridine rings is 1. The summed E-state index contributed by atoms with van der Waals surface area (Å²) in [6.45, 7) is 4.58. The molecule has 0 aliphatic carbocycles. The molecular formula is C27H29N3O2. The van der Waals surface area contributed by atoms with Crippen molar-refractivity contribution < 1.29 is 9.59 Å². The molecule has 0 unspecified atom stereocenters. The van der Waals surface area contributed by atoms with E-state index in [9.17, 15) is 9.59 Å². The summed E-state index contributed by atoms with van der Waals surface area (Å²) >= 11 is 0. The molecule has 1 fully saturated rings. The van der Waals surface area contributed by atoms with Crippen LogP contribution in [0.5, 0.6) is 0 Å². The second kappa shape index (κ2) is 10.2. The SMILES string of the molecule is CCc1ccc(CN(Cc2cccnc2)C(=O)c2ccc(CN3CCCC3=O)cc2)cc1. The molecule has 1 aromatic heterocycles. The van der Waals surface area contributed by atoms with Crippen LogP contribution in [0.2, 0.25) is 0 Å². The summed E-state index contributed by atoms with van der Waals surface area (Å²) in [5.41, 5.74) is 5.08. The predicted octanol–water partition coefficient (Wildman–Crippen LogP) is 4.61. The minimum atomic E-state index is -0.0165. The third-order valence-electron chi connectivity index (χ3n) is 5.93. The summed E-state index contributed by atoms with van der Waals surface area (Å²) in [7, 11) is 0. The fourth-order valence-corrected chi connectivity index (χ4v) is 4.04. The Morgan fingerprint density at radius 1 is 0.938 bits per heavy atom. The quantitative estimate of drug-likeness (QED) is 0.528. The van der Waals surface area contributed by atoms with Gasteiger partial charge in [-0.2, -0.15) is 0 Å². The van der Waals surface area contributed by atoms with Crippen molar-refractivity contribution in [2.75, 3.05) is 6.54 Å². The minimum absolute atomic E-state index is 0.0165. The van der Waals surface area contributed by atoms with E-state index in [-0.39, 0.29) is 11.8 Å². The van der Waals surface area contributed by atoms with Crippen molar-refractivity contribution in [3.8, 4) is 0 Å². The van der Waals surface area contributed by atoms with Gasteiger partial charge in [-0.15, -0.1) is 0 Å². The maximum atomic E-state index is 13.4. The largest absolute Gasteiger partial charge is 0.338 e. The number of aryl methyl sites for hydroxylation is 1. The molecule has 0 atom stereocenters. The van der Waals surface area contributed by atoms with Gasteiger partial charge in [0.2, 0.25) is 5.91 Å².